The molecule has 2 aromatic rings. The molecule has 1 saturated heterocycles. The molecule has 1 aliphatic heterocycles. The summed E-state index contributed by atoms with van der Waals surface area (Å²) >= 11 is 1.93. The minimum atomic E-state index is 0.377. The molecule has 0 amide bonds. The molecule has 2 nitrogen and oxygen atoms in total. The molecule has 19 heavy (non-hydrogen) atoms. The summed E-state index contributed by atoms with van der Waals surface area (Å²) in [5.41, 5.74) is 0. The fourth-order valence-electron chi connectivity index (χ4n) is 2.64. The van der Waals surface area contributed by atoms with Gasteiger partial charge in [0.15, 0.2) is 0 Å². The number of fused-ring (bicyclic) bond motifs is 1. The molecule has 1 aliphatic rings. The predicted octanol–water partition coefficient (Wildman–Crippen LogP) is 3.64. The normalized spacial score (nSPS) is 16.8. The second-order valence-corrected chi connectivity index (χ2v) is 6.19. The molecule has 2 N–H and O–H groups in total. The van der Waals surface area contributed by atoms with Gasteiger partial charge in [-0.15, -0.1) is 11.8 Å². The zero-order valence-corrected chi connectivity index (χ0v) is 11.7. The van der Waals surface area contributed by atoms with Gasteiger partial charge in [-0.1, -0.05) is 24.3 Å². The van der Waals surface area contributed by atoms with Gasteiger partial charge in [-0.25, -0.2) is 0 Å². The van der Waals surface area contributed by atoms with Crippen LogP contribution in [0.25, 0.3) is 10.8 Å². The summed E-state index contributed by atoms with van der Waals surface area (Å²) < 4.78 is 0. The Bertz CT molecular complexity index is 564. The minimum Gasteiger partial charge on any atom is -0.507 e. The summed E-state index contributed by atoms with van der Waals surface area (Å²) in [5.74, 6) is 2.37. The van der Waals surface area contributed by atoms with Crippen LogP contribution < -0.4 is 5.32 Å². The maximum absolute atomic E-state index is 9.90. The van der Waals surface area contributed by atoms with E-state index in [0.717, 1.165) is 24.4 Å². The van der Waals surface area contributed by atoms with E-state index in [-0.39, 0.29) is 0 Å². The summed E-state index contributed by atoms with van der Waals surface area (Å²) in [6.45, 7) is 2.31. The van der Waals surface area contributed by atoms with Crippen molar-refractivity contribution in [3.63, 3.8) is 0 Å². The van der Waals surface area contributed by atoms with Crippen molar-refractivity contribution >= 4 is 22.5 Å². The molecule has 1 fully saturated rings. The highest BCUT2D eigenvalue weighted by Crippen LogP contribution is 2.34. The fraction of sp³-hybridized carbons (Fsp3) is 0.375. The predicted molar refractivity (Wildman–Crippen MR) is 81.9 cm³/mol. The number of thioether (sulfide) groups is 1. The third-order valence-electron chi connectivity index (χ3n) is 3.79. The molecule has 100 valence electrons. The second-order valence-electron chi connectivity index (χ2n) is 5.13. The smallest absolute Gasteiger partial charge is 0.123 e. The maximum Gasteiger partial charge on any atom is 0.123 e. The number of phenolic OH excluding ortho intramolecular Hbond substituents is 1. The zero-order chi connectivity index (χ0) is 13.1. The third kappa shape index (κ3) is 2.88. The van der Waals surface area contributed by atoms with Crippen LogP contribution in [0.4, 0.5) is 0 Å². The average Bonchev–Trinajstić information content (AvgIpc) is 2.48. The Morgan fingerprint density at radius 2 is 1.79 bits per heavy atom. The highest BCUT2D eigenvalue weighted by Gasteiger charge is 2.14. The Morgan fingerprint density at radius 1 is 1.05 bits per heavy atom. The van der Waals surface area contributed by atoms with E-state index in [1.165, 1.54) is 28.9 Å². The zero-order valence-electron chi connectivity index (χ0n) is 10.9. The van der Waals surface area contributed by atoms with Crippen LogP contribution in [0.5, 0.6) is 5.75 Å². The SMILES string of the molecule is Oc1ccc(SCC2CCNCC2)c2ccccc12. The summed E-state index contributed by atoms with van der Waals surface area (Å²) in [5, 5.41) is 15.4. The number of benzene rings is 2. The fourth-order valence-corrected chi connectivity index (χ4v) is 3.88. The van der Waals surface area contributed by atoms with E-state index in [1.807, 2.05) is 42.1 Å². The second kappa shape index (κ2) is 5.85. The lowest BCUT2D eigenvalue weighted by molar-refractivity contribution is 0.408. The summed E-state index contributed by atoms with van der Waals surface area (Å²) in [6, 6.07) is 12.0. The lowest BCUT2D eigenvalue weighted by Crippen LogP contribution is -2.28. The highest BCUT2D eigenvalue weighted by molar-refractivity contribution is 7.99. The van der Waals surface area contributed by atoms with E-state index >= 15 is 0 Å². The van der Waals surface area contributed by atoms with Gasteiger partial charge in [0, 0.05) is 16.0 Å². The van der Waals surface area contributed by atoms with E-state index in [9.17, 15) is 5.11 Å². The van der Waals surface area contributed by atoms with Crippen molar-refractivity contribution in [3.8, 4) is 5.75 Å². The molecule has 0 unspecified atom stereocenters. The minimum absolute atomic E-state index is 0.377. The van der Waals surface area contributed by atoms with Crippen molar-refractivity contribution in [2.75, 3.05) is 18.8 Å². The van der Waals surface area contributed by atoms with Crippen molar-refractivity contribution in [1.29, 1.82) is 0 Å². The van der Waals surface area contributed by atoms with Gasteiger partial charge in [0.05, 0.1) is 0 Å². The van der Waals surface area contributed by atoms with Gasteiger partial charge < -0.3 is 10.4 Å². The molecule has 0 bridgehead atoms. The first-order valence-corrected chi connectivity index (χ1v) is 7.87. The lowest BCUT2D eigenvalue weighted by Gasteiger charge is -2.22. The van der Waals surface area contributed by atoms with Gasteiger partial charge in [-0.2, -0.15) is 0 Å². The monoisotopic (exact) mass is 273 g/mol. The first-order valence-electron chi connectivity index (χ1n) is 6.89. The molecular weight excluding hydrogens is 254 g/mol. The molecule has 0 radical (unpaired) electrons. The van der Waals surface area contributed by atoms with Crippen molar-refractivity contribution in [3.05, 3.63) is 36.4 Å². The molecule has 3 rings (SSSR count). The molecule has 0 atom stereocenters. The number of hydrogen-bond donors (Lipinski definition) is 2. The Balaban J connectivity index is 1.79. The number of piperidine rings is 1. The van der Waals surface area contributed by atoms with Gasteiger partial charge in [0.1, 0.15) is 5.75 Å². The van der Waals surface area contributed by atoms with Crippen molar-refractivity contribution < 1.29 is 5.11 Å². The molecular formula is C16H19NOS. The van der Waals surface area contributed by atoms with Gasteiger partial charge in [-0.3, -0.25) is 0 Å². The van der Waals surface area contributed by atoms with Crippen LogP contribution in [0.15, 0.2) is 41.3 Å². The van der Waals surface area contributed by atoms with E-state index < -0.39 is 0 Å². The van der Waals surface area contributed by atoms with Crippen molar-refractivity contribution in [2.24, 2.45) is 5.92 Å². The third-order valence-corrected chi connectivity index (χ3v) is 5.10. The Hall–Kier alpha value is -1.19. The van der Waals surface area contributed by atoms with Gasteiger partial charge in [-0.05, 0) is 49.4 Å². The summed E-state index contributed by atoms with van der Waals surface area (Å²) in [4.78, 5) is 1.28. The topological polar surface area (TPSA) is 32.3 Å². The van der Waals surface area contributed by atoms with Gasteiger partial charge >= 0.3 is 0 Å². The summed E-state index contributed by atoms with van der Waals surface area (Å²) in [6.07, 6.45) is 2.56. The van der Waals surface area contributed by atoms with Crippen molar-refractivity contribution in [2.45, 2.75) is 17.7 Å². The molecule has 0 spiro atoms. The van der Waals surface area contributed by atoms with Crippen molar-refractivity contribution in [1.82, 2.24) is 5.32 Å². The van der Waals surface area contributed by atoms with Gasteiger partial charge in [0.2, 0.25) is 0 Å². The van der Waals surface area contributed by atoms with E-state index in [4.69, 9.17) is 0 Å². The molecule has 0 aromatic heterocycles. The molecule has 0 aliphatic carbocycles. The number of aromatic hydroxyl groups is 1. The summed E-state index contributed by atoms with van der Waals surface area (Å²) in [7, 11) is 0. The highest BCUT2D eigenvalue weighted by atomic mass is 32.2. The molecule has 2 aromatic carbocycles. The molecule has 1 heterocycles. The van der Waals surface area contributed by atoms with Crippen LogP contribution in [0.1, 0.15) is 12.8 Å². The van der Waals surface area contributed by atoms with E-state index in [2.05, 4.69) is 11.4 Å². The van der Waals surface area contributed by atoms with Crippen LogP contribution in [-0.4, -0.2) is 23.9 Å². The Kier molecular flexibility index (Phi) is 3.95. The largest absolute Gasteiger partial charge is 0.507 e. The standard InChI is InChI=1S/C16H19NOS/c18-15-5-6-16(14-4-2-1-3-13(14)15)19-11-12-7-9-17-10-8-12/h1-6,12,17-18H,7-11H2. The van der Waals surface area contributed by atoms with E-state index in [0.29, 0.717) is 5.75 Å². The first kappa shape index (κ1) is 12.8. The quantitative estimate of drug-likeness (QED) is 0.837. The van der Waals surface area contributed by atoms with Crippen LogP contribution in [0, 0.1) is 5.92 Å². The van der Waals surface area contributed by atoms with Gasteiger partial charge in [0.25, 0.3) is 0 Å². The molecule has 3 heteroatoms. The number of phenols is 1. The Labute approximate surface area is 118 Å². The molecule has 0 saturated carbocycles. The average molecular weight is 273 g/mol. The number of nitrogens with one attached hydrogen (secondary N) is 1. The number of hydrogen-bond acceptors (Lipinski definition) is 3. The van der Waals surface area contributed by atoms with Crippen LogP contribution in [0.3, 0.4) is 0 Å². The van der Waals surface area contributed by atoms with E-state index in [1.54, 1.807) is 0 Å². The first-order chi connectivity index (χ1) is 9.34. The van der Waals surface area contributed by atoms with Crippen LogP contribution in [0.2, 0.25) is 0 Å². The number of rotatable bonds is 3. The maximum atomic E-state index is 9.90. The van der Waals surface area contributed by atoms with Crippen LogP contribution in [-0.2, 0) is 0 Å². The van der Waals surface area contributed by atoms with Crippen LogP contribution >= 0.6 is 11.8 Å². The Morgan fingerprint density at radius 3 is 2.58 bits per heavy atom. The lowest BCUT2D eigenvalue weighted by atomic mass is 10.0.